The highest BCUT2D eigenvalue weighted by atomic mass is 31.2. The number of rotatable bonds is 1. The van der Waals surface area contributed by atoms with Crippen molar-refractivity contribution in [3.63, 3.8) is 0 Å². The third-order valence-electron chi connectivity index (χ3n) is 2.32. The van der Waals surface area contributed by atoms with Gasteiger partial charge in [-0.15, -0.1) is 0 Å². The first-order chi connectivity index (χ1) is 8.42. The minimum absolute atomic E-state index is 0.543. The molecule has 0 heterocycles. The van der Waals surface area contributed by atoms with Crippen LogP contribution in [0.4, 0.5) is 18.9 Å². The minimum atomic E-state index is -5.51. The van der Waals surface area contributed by atoms with Crippen molar-refractivity contribution in [2.45, 2.75) is 13.1 Å². The second kappa shape index (κ2) is 4.42. The molecule has 0 bridgehead atoms. The fourth-order valence-electron chi connectivity index (χ4n) is 1.51. The molecule has 0 spiro atoms. The molecule has 0 amide bonds. The van der Waals surface area contributed by atoms with Gasteiger partial charge in [0.1, 0.15) is 22.4 Å². The second-order valence-corrected chi connectivity index (χ2v) is 5.08. The van der Waals surface area contributed by atoms with E-state index in [0.717, 1.165) is 6.92 Å². The topological polar surface area (TPSA) is 102 Å². The zero-order chi connectivity index (χ0) is 15.2. The normalized spacial score (nSPS) is 12.3. The van der Waals surface area contributed by atoms with E-state index in [1.165, 1.54) is 0 Å². The van der Waals surface area contributed by atoms with Gasteiger partial charge < -0.3 is 20.0 Å². The first-order valence-corrected chi connectivity index (χ1v) is 6.13. The summed E-state index contributed by atoms with van der Waals surface area (Å²) in [5.74, 6) is -2.97. The lowest BCUT2D eigenvalue weighted by Gasteiger charge is -2.19. The highest BCUT2D eigenvalue weighted by molar-refractivity contribution is 7.60. The maximum atomic E-state index is 12.8. The molecule has 0 atom stereocenters. The van der Waals surface area contributed by atoms with Crippen LogP contribution in [0.5, 0.6) is 11.5 Å². The third-order valence-corrected chi connectivity index (χ3v) is 3.34. The zero-order valence-electron chi connectivity index (χ0n) is 9.23. The van der Waals surface area contributed by atoms with E-state index in [1.807, 2.05) is 0 Å². The van der Waals surface area contributed by atoms with Crippen LogP contribution in [0.2, 0.25) is 0 Å². The fraction of sp³-hybridized carbons (Fsp3) is 0.222. The molecule has 19 heavy (non-hydrogen) atoms. The van der Waals surface area contributed by atoms with Gasteiger partial charge in [0.2, 0.25) is 5.69 Å². The molecule has 0 unspecified atom stereocenters. The van der Waals surface area contributed by atoms with Gasteiger partial charge in [-0.2, -0.15) is 13.2 Å². The van der Waals surface area contributed by atoms with Gasteiger partial charge in [-0.3, -0.25) is 4.57 Å². The lowest BCUT2D eigenvalue weighted by atomic mass is 10.1. The molecule has 10 heteroatoms. The summed E-state index contributed by atoms with van der Waals surface area (Å²) >= 11 is 0. The summed E-state index contributed by atoms with van der Waals surface area (Å²) < 4.78 is 49.3. The molecule has 0 fully saturated rings. The third kappa shape index (κ3) is 2.51. The van der Waals surface area contributed by atoms with Gasteiger partial charge in [-0.05, 0) is 6.92 Å². The van der Waals surface area contributed by atoms with Gasteiger partial charge >= 0.3 is 13.8 Å². The summed E-state index contributed by atoms with van der Waals surface area (Å²) in [5.41, 5.74) is -3.56. The van der Waals surface area contributed by atoms with Crippen molar-refractivity contribution in [2.24, 2.45) is 0 Å². The first kappa shape index (κ1) is 15.3. The number of benzene rings is 1. The number of halogens is 3. The number of phenols is 2. The maximum absolute atomic E-state index is 12.8. The zero-order valence-corrected chi connectivity index (χ0v) is 10.1. The Balaban J connectivity index is 4.05. The molecule has 6 nitrogen and oxygen atoms in total. The number of alkyl halides is 3. The van der Waals surface area contributed by atoms with Gasteiger partial charge in [0.15, 0.2) is 0 Å². The van der Waals surface area contributed by atoms with Gasteiger partial charge in [-0.1, -0.05) is 0 Å². The number of hydrogen-bond acceptors (Lipinski definition) is 3. The molecule has 104 valence electrons. The molecule has 0 aromatic heterocycles. The number of aromatic hydroxyl groups is 2. The molecule has 0 saturated heterocycles. The summed E-state index contributed by atoms with van der Waals surface area (Å²) in [5, 5.41) is 17.1. The molecule has 1 aromatic rings. The van der Waals surface area contributed by atoms with Crippen molar-refractivity contribution in [3.8, 4) is 11.5 Å². The lowest BCUT2D eigenvalue weighted by molar-refractivity contribution is -0.138. The van der Waals surface area contributed by atoms with E-state index in [-0.39, 0.29) is 0 Å². The van der Waals surface area contributed by atoms with Crippen LogP contribution >= 0.6 is 7.60 Å². The van der Waals surface area contributed by atoms with Crippen LogP contribution in [0, 0.1) is 13.5 Å². The van der Waals surface area contributed by atoms with Crippen molar-refractivity contribution < 1.29 is 37.7 Å². The van der Waals surface area contributed by atoms with E-state index in [2.05, 4.69) is 4.85 Å². The van der Waals surface area contributed by atoms with E-state index < -0.39 is 47.4 Å². The quantitative estimate of drug-likeness (QED) is 0.359. The highest BCUT2D eigenvalue weighted by Crippen LogP contribution is 2.51. The number of nitrogens with zero attached hydrogens (tertiary/aromatic N) is 1. The molecule has 0 aliphatic carbocycles. The van der Waals surface area contributed by atoms with Crippen LogP contribution in [0.1, 0.15) is 11.1 Å². The smallest absolute Gasteiger partial charge is 0.419 e. The van der Waals surface area contributed by atoms with Gasteiger partial charge in [-0.25, -0.2) is 4.85 Å². The molecule has 0 saturated carbocycles. The van der Waals surface area contributed by atoms with Crippen molar-refractivity contribution in [3.05, 3.63) is 22.5 Å². The Labute approximate surface area is 104 Å². The summed E-state index contributed by atoms with van der Waals surface area (Å²) in [4.78, 5) is 20.4. The van der Waals surface area contributed by atoms with E-state index in [0.29, 0.717) is 0 Å². The maximum Gasteiger partial charge on any atom is 0.419 e. The van der Waals surface area contributed by atoms with E-state index in [9.17, 15) is 27.9 Å². The van der Waals surface area contributed by atoms with Crippen LogP contribution < -0.4 is 5.30 Å². The average Bonchev–Trinajstić information content (AvgIpc) is 2.20. The SMILES string of the molecule is [C-]#[N+]c1c(C)c(O)c(P(=O)(O)O)c(C(F)(F)F)c1O. The molecule has 1 aromatic carbocycles. The monoisotopic (exact) mass is 297 g/mol. The number of hydrogen-bond donors (Lipinski definition) is 4. The van der Waals surface area contributed by atoms with Crippen molar-refractivity contribution >= 4 is 18.6 Å². The van der Waals surface area contributed by atoms with Crippen LogP contribution in [0.3, 0.4) is 0 Å². The Morgan fingerprint density at radius 2 is 1.68 bits per heavy atom. The molecule has 4 N–H and O–H groups in total. The van der Waals surface area contributed by atoms with E-state index in [1.54, 1.807) is 0 Å². The predicted molar refractivity (Wildman–Crippen MR) is 57.5 cm³/mol. The van der Waals surface area contributed by atoms with Crippen LogP contribution in [0.25, 0.3) is 4.85 Å². The fourth-order valence-corrected chi connectivity index (χ4v) is 2.47. The second-order valence-electron chi connectivity index (χ2n) is 3.55. The Hall–Kier alpha value is -1.75. The predicted octanol–water partition coefficient (Wildman–Crippen LogP) is 1.78. The molecular weight excluding hydrogens is 290 g/mol. The van der Waals surface area contributed by atoms with Gasteiger partial charge in [0.25, 0.3) is 0 Å². The minimum Gasteiger partial charge on any atom is -0.518 e. The Morgan fingerprint density at radius 3 is 2.00 bits per heavy atom. The molecule has 0 aliphatic heterocycles. The summed E-state index contributed by atoms with van der Waals surface area (Å²) in [6.45, 7) is 7.60. The molecular formula is C9H7F3NO5P. The summed E-state index contributed by atoms with van der Waals surface area (Å²) in [7, 11) is -5.51. The lowest BCUT2D eigenvalue weighted by Crippen LogP contribution is -2.21. The summed E-state index contributed by atoms with van der Waals surface area (Å²) in [6.07, 6.45) is -5.34. The van der Waals surface area contributed by atoms with Crippen LogP contribution in [-0.4, -0.2) is 20.0 Å². The van der Waals surface area contributed by atoms with E-state index in [4.69, 9.17) is 16.4 Å². The van der Waals surface area contributed by atoms with Crippen LogP contribution in [0.15, 0.2) is 0 Å². The largest absolute Gasteiger partial charge is 0.518 e. The Kier molecular flexibility index (Phi) is 3.56. The van der Waals surface area contributed by atoms with Crippen molar-refractivity contribution in [1.82, 2.24) is 0 Å². The van der Waals surface area contributed by atoms with Gasteiger partial charge in [0, 0.05) is 5.56 Å². The number of phenolic OH excluding ortho intramolecular Hbond substituents is 2. The highest BCUT2D eigenvalue weighted by Gasteiger charge is 2.45. The average molecular weight is 297 g/mol. The van der Waals surface area contributed by atoms with E-state index >= 15 is 0 Å². The van der Waals surface area contributed by atoms with Crippen LogP contribution in [-0.2, 0) is 10.7 Å². The standard InChI is InChI=1S/C9H7F3NO5P/c1-3-5(13-2)7(15)4(9(10,11)12)8(6(3)14)19(16,17)18/h14-15H,1H3,(H2,16,17,18). The molecule has 1 rings (SSSR count). The van der Waals surface area contributed by atoms with Gasteiger partial charge in [0.05, 0.1) is 6.57 Å². The van der Waals surface area contributed by atoms with Crippen molar-refractivity contribution in [1.29, 1.82) is 0 Å². The Morgan fingerprint density at radius 1 is 1.21 bits per heavy atom. The first-order valence-electron chi connectivity index (χ1n) is 4.52. The Bertz CT molecular complexity index is 628. The molecule has 0 aliphatic rings. The van der Waals surface area contributed by atoms with Crippen molar-refractivity contribution in [2.75, 3.05) is 0 Å². The summed E-state index contributed by atoms with van der Waals surface area (Å²) in [6, 6.07) is 0. The molecule has 0 radical (unpaired) electrons.